The number of carbonyl (C=O) groups is 1. The van der Waals surface area contributed by atoms with Crippen molar-refractivity contribution in [2.75, 3.05) is 12.4 Å². The smallest absolute Gasteiger partial charge is 0.249 e. The normalized spacial score (nSPS) is 21.3. The highest BCUT2D eigenvalue weighted by molar-refractivity contribution is 8.00. The fourth-order valence-electron chi connectivity index (χ4n) is 3.56. The summed E-state index contributed by atoms with van der Waals surface area (Å²) < 4.78 is 6.20. The van der Waals surface area contributed by atoms with Crippen LogP contribution < -0.4 is 0 Å². The van der Waals surface area contributed by atoms with Crippen LogP contribution in [0.25, 0.3) is 0 Å². The molecule has 29 heavy (non-hydrogen) atoms. The molecule has 0 radical (unpaired) electrons. The van der Waals surface area contributed by atoms with Crippen molar-refractivity contribution in [2.45, 2.75) is 50.6 Å². The topological polar surface area (TPSA) is 29.5 Å². The third-order valence-corrected chi connectivity index (χ3v) is 6.88. The Morgan fingerprint density at radius 1 is 1.10 bits per heavy atom. The Hall–Kier alpha value is -1.20. The number of hydrogen-bond donors (Lipinski definition) is 0. The van der Waals surface area contributed by atoms with Gasteiger partial charge in [-0.25, -0.2) is 0 Å². The molecule has 1 unspecified atom stereocenters. The molecule has 0 N–H and O–H groups in total. The number of ether oxygens (including phenoxy) is 1. The van der Waals surface area contributed by atoms with Gasteiger partial charge in [0.1, 0.15) is 12.7 Å². The van der Waals surface area contributed by atoms with Crippen molar-refractivity contribution in [1.29, 1.82) is 0 Å². The Labute approximate surface area is 187 Å². The highest BCUT2D eigenvalue weighted by atomic mass is 35.5. The number of hydrogen-bond acceptors (Lipinski definition) is 3. The molecular formula is C23H27Cl2NO2S. The third kappa shape index (κ3) is 5.69. The van der Waals surface area contributed by atoms with Gasteiger partial charge in [0.2, 0.25) is 5.91 Å². The van der Waals surface area contributed by atoms with E-state index in [1.54, 1.807) is 0 Å². The fourth-order valence-corrected chi connectivity index (χ4v) is 4.78. The van der Waals surface area contributed by atoms with Crippen LogP contribution in [0.5, 0.6) is 0 Å². The Kier molecular flexibility index (Phi) is 7.21. The SMILES string of the molecule is CC(CSC(C)(C)C)N1C(=O)CO[C@H](c2cccc(Cl)c2)[C@H]1c1ccc(Cl)cc1. The average molecular weight is 452 g/mol. The van der Waals surface area contributed by atoms with E-state index in [0.717, 1.165) is 16.9 Å². The van der Waals surface area contributed by atoms with Gasteiger partial charge in [-0.05, 0) is 42.3 Å². The summed E-state index contributed by atoms with van der Waals surface area (Å²) in [5.74, 6) is 0.854. The van der Waals surface area contributed by atoms with Crippen molar-refractivity contribution < 1.29 is 9.53 Å². The van der Waals surface area contributed by atoms with Crippen LogP contribution in [0.4, 0.5) is 0 Å². The molecule has 0 saturated carbocycles. The van der Waals surface area contributed by atoms with Gasteiger partial charge in [0.15, 0.2) is 0 Å². The van der Waals surface area contributed by atoms with Gasteiger partial charge < -0.3 is 9.64 Å². The van der Waals surface area contributed by atoms with Crippen LogP contribution in [-0.4, -0.2) is 34.0 Å². The molecule has 0 aliphatic carbocycles. The van der Waals surface area contributed by atoms with Crippen LogP contribution in [0.15, 0.2) is 48.5 Å². The van der Waals surface area contributed by atoms with Crippen molar-refractivity contribution in [2.24, 2.45) is 0 Å². The molecule has 3 rings (SSSR count). The Bertz CT molecular complexity index is 851. The monoisotopic (exact) mass is 451 g/mol. The molecule has 2 aromatic rings. The lowest BCUT2D eigenvalue weighted by atomic mass is 9.92. The van der Waals surface area contributed by atoms with Gasteiger partial charge in [-0.3, -0.25) is 4.79 Å². The third-order valence-electron chi connectivity index (χ3n) is 4.88. The molecule has 0 aromatic heterocycles. The summed E-state index contributed by atoms with van der Waals surface area (Å²) in [4.78, 5) is 15.0. The van der Waals surface area contributed by atoms with E-state index in [4.69, 9.17) is 27.9 Å². The van der Waals surface area contributed by atoms with E-state index in [9.17, 15) is 4.79 Å². The molecule has 156 valence electrons. The van der Waals surface area contributed by atoms with E-state index in [1.807, 2.05) is 65.2 Å². The van der Waals surface area contributed by atoms with Gasteiger partial charge in [-0.1, -0.05) is 68.2 Å². The summed E-state index contributed by atoms with van der Waals surface area (Å²) >= 11 is 14.2. The lowest BCUT2D eigenvalue weighted by molar-refractivity contribution is -0.161. The zero-order valence-corrected chi connectivity index (χ0v) is 19.5. The predicted octanol–water partition coefficient (Wildman–Crippen LogP) is 6.55. The average Bonchev–Trinajstić information content (AvgIpc) is 2.66. The first kappa shape index (κ1) is 22.5. The van der Waals surface area contributed by atoms with Gasteiger partial charge in [0, 0.05) is 26.6 Å². The van der Waals surface area contributed by atoms with E-state index >= 15 is 0 Å². The maximum absolute atomic E-state index is 13.0. The van der Waals surface area contributed by atoms with Gasteiger partial charge in [0.25, 0.3) is 0 Å². The maximum atomic E-state index is 13.0. The molecule has 3 atom stereocenters. The second kappa shape index (κ2) is 9.30. The number of benzene rings is 2. The number of amides is 1. The van der Waals surface area contributed by atoms with Gasteiger partial charge in [-0.15, -0.1) is 0 Å². The first-order valence-electron chi connectivity index (χ1n) is 9.73. The Morgan fingerprint density at radius 2 is 1.79 bits per heavy atom. The van der Waals surface area contributed by atoms with E-state index in [0.29, 0.717) is 10.0 Å². The van der Waals surface area contributed by atoms with Crippen LogP contribution in [0.1, 0.15) is 51.0 Å². The Balaban J connectivity index is 2.00. The van der Waals surface area contributed by atoms with Gasteiger partial charge in [-0.2, -0.15) is 11.8 Å². The molecule has 0 bridgehead atoms. The summed E-state index contributed by atoms with van der Waals surface area (Å²) in [5.41, 5.74) is 1.96. The maximum Gasteiger partial charge on any atom is 0.249 e. The van der Waals surface area contributed by atoms with Crippen LogP contribution in [0.2, 0.25) is 10.0 Å². The predicted molar refractivity (Wildman–Crippen MR) is 123 cm³/mol. The second-order valence-electron chi connectivity index (χ2n) is 8.36. The molecule has 1 aliphatic rings. The Morgan fingerprint density at radius 3 is 2.41 bits per heavy atom. The zero-order valence-electron chi connectivity index (χ0n) is 17.2. The molecule has 1 amide bonds. The lowest BCUT2D eigenvalue weighted by Crippen LogP contribution is -2.50. The van der Waals surface area contributed by atoms with Crippen molar-refractivity contribution in [3.05, 3.63) is 69.7 Å². The van der Waals surface area contributed by atoms with E-state index in [-0.39, 0.29) is 35.4 Å². The van der Waals surface area contributed by atoms with Crippen LogP contribution >= 0.6 is 35.0 Å². The standard InChI is InChI=1S/C23H27Cl2NO2S/c1-15(14-29-23(2,3)4)26-20(27)13-28-22(17-6-5-7-19(25)12-17)21(26)16-8-10-18(24)11-9-16/h5-12,15,21-22H,13-14H2,1-4H3/t15?,21-,22-/m1/s1. The summed E-state index contributed by atoms with van der Waals surface area (Å²) in [7, 11) is 0. The molecule has 1 heterocycles. The van der Waals surface area contributed by atoms with Crippen molar-refractivity contribution >= 4 is 40.9 Å². The number of carbonyl (C=O) groups excluding carboxylic acids is 1. The summed E-state index contributed by atoms with van der Waals surface area (Å²) in [6, 6.07) is 15.2. The van der Waals surface area contributed by atoms with Crippen LogP contribution in [0.3, 0.4) is 0 Å². The minimum Gasteiger partial charge on any atom is -0.361 e. The quantitative estimate of drug-likeness (QED) is 0.515. The summed E-state index contributed by atoms with van der Waals surface area (Å²) in [5, 5.41) is 1.32. The number of nitrogens with zero attached hydrogens (tertiary/aromatic N) is 1. The van der Waals surface area contributed by atoms with Gasteiger partial charge >= 0.3 is 0 Å². The molecule has 1 saturated heterocycles. The molecular weight excluding hydrogens is 425 g/mol. The minimum atomic E-state index is -0.297. The number of morpholine rings is 1. The zero-order chi connectivity index (χ0) is 21.2. The fraction of sp³-hybridized carbons (Fsp3) is 0.435. The molecule has 1 fully saturated rings. The van der Waals surface area contributed by atoms with E-state index in [1.165, 1.54) is 0 Å². The van der Waals surface area contributed by atoms with Crippen molar-refractivity contribution in [3.8, 4) is 0 Å². The lowest BCUT2D eigenvalue weighted by Gasteiger charge is -2.45. The van der Waals surface area contributed by atoms with E-state index in [2.05, 4.69) is 27.7 Å². The molecule has 1 aliphatic heterocycles. The number of thioether (sulfide) groups is 1. The highest BCUT2D eigenvalue weighted by Gasteiger charge is 2.41. The van der Waals surface area contributed by atoms with Crippen LogP contribution in [-0.2, 0) is 9.53 Å². The largest absolute Gasteiger partial charge is 0.361 e. The molecule has 0 spiro atoms. The van der Waals surface area contributed by atoms with E-state index < -0.39 is 0 Å². The molecule has 3 nitrogen and oxygen atoms in total. The molecule has 2 aromatic carbocycles. The minimum absolute atomic E-state index is 0.00485. The first-order chi connectivity index (χ1) is 13.7. The summed E-state index contributed by atoms with van der Waals surface area (Å²) in [6.07, 6.45) is -0.297. The number of halogens is 2. The highest BCUT2D eigenvalue weighted by Crippen LogP contribution is 2.42. The first-order valence-corrected chi connectivity index (χ1v) is 11.5. The second-order valence-corrected chi connectivity index (χ2v) is 11.1. The van der Waals surface area contributed by atoms with Crippen LogP contribution in [0, 0.1) is 0 Å². The van der Waals surface area contributed by atoms with Crippen molar-refractivity contribution in [3.63, 3.8) is 0 Å². The van der Waals surface area contributed by atoms with Crippen molar-refractivity contribution in [1.82, 2.24) is 4.90 Å². The summed E-state index contributed by atoms with van der Waals surface area (Å²) in [6.45, 7) is 8.75. The number of rotatable bonds is 5. The van der Waals surface area contributed by atoms with Gasteiger partial charge in [0.05, 0.1) is 6.04 Å². The molecule has 6 heteroatoms.